The van der Waals surface area contributed by atoms with Crippen molar-refractivity contribution in [2.45, 2.75) is 179 Å². The lowest BCUT2D eigenvalue weighted by molar-refractivity contribution is -0.135. The number of likely N-dealkylation sites (tertiary alicyclic amines) is 1. The van der Waals surface area contributed by atoms with Crippen molar-refractivity contribution >= 4 is 56.4 Å². The number of rotatable bonds is 14. The Morgan fingerprint density at radius 2 is 1.67 bits per heavy atom. The van der Waals surface area contributed by atoms with Gasteiger partial charge in [-0.2, -0.15) is 9.97 Å². The third-order valence-corrected chi connectivity index (χ3v) is 20.3. The Bertz CT molecular complexity index is 3640. The number of ether oxygens (including phenoxy) is 2. The number of nitrogens with zero attached hydrogens (tertiary/aromatic N) is 8. The molecule has 0 radical (unpaired) electrons. The minimum atomic E-state index is -1.03. The number of benzene rings is 3. The van der Waals surface area contributed by atoms with E-state index in [4.69, 9.17) is 25.2 Å². The van der Waals surface area contributed by atoms with E-state index in [1.54, 1.807) is 24.6 Å². The van der Waals surface area contributed by atoms with Gasteiger partial charge in [-0.3, -0.25) is 33.9 Å². The van der Waals surface area contributed by atoms with Crippen LogP contribution in [-0.2, 0) is 27.8 Å². The van der Waals surface area contributed by atoms with E-state index in [1.807, 2.05) is 17.9 Å². The number of hydrogen-bond donors (Lipinski definition) is 4. The SMILES string of the molecule is CCc1c(F)ccc2cc(O)cc(-c3ncc4c(N5CCC[C@@](C)(O)C5)nc(OC[C@@]56CCC(C(C)(C)C)N5[C@H](C(CC5CCC(CN7CCC(c8ccc9c(c8)n(C)c(=O)n9C8CCC(=O)NC8=O)CC7)CC5)OC(N)=O)CC6)nc4c3F)c12. The predicted molar refractivity (Wildman–Crippen MR) is 320 cm³/mol. The van der Waals surface area contributed by atoms with E-state index in [1.165, 1.54) is 34.5 Å². The van der Waals surface area contributed by atoms with Gasteiger partial charge in [0.1, 0.15) is 47.3 Å². The summed E-state index contributed by atoms with van der Waals surface area (Å²) in [5.74, 6) is -0.424. The number of carbonyl (C=O) groups is 3. The number of nitrogens with two attached hydrogens (primary N) is 1. The number of β-amino-alcohol motifs (C(OH)–C–C–N with tert-alkyl or cyclic N) is 1. The molecule has 5 aliphatic heterocycles. The van der Waals surface area contributed by atoms with Crippen LogP contribution in [0.25, 0.3) is 44.0 Å². The molecule has 6 aromatic rings. The third kappa shape index (κ3) is 11.2. The van der Waals surface area contributed by atoms with Gasteiger partial charge in [0.25, 0.3) is 0 Å². The standard InChI is InChI=1S/C65H82F2N10O8/c1-7-43-46(66)15-13-41-30-42(78)32-44(54(41)43)56-55(67)57-45(33-69-56)58(75-26-8-23-64(5,83)35-75)72-61(71-57)84-36-65-24-19-48(77(65)52(20-25-65)63(2,3)4)51(85-60(68)81)29-37-9-11-38(12-10-37)34-74-27-21-39(22-28-74)40-14-16-47-50(31-40)73(6)62(82)76(47)49-17-18-53(79)70-59(49)80/h13-16,30-33,37-39,48-49,51-52,78,83H,7-12,17-29,34-36H2,1-6H3,(H2,68,81)(H,70,79,80)/t37?,38?,48-,49?,51?,52?,64+,65+/m0/s1. The Labute approximate surface area is 494 Å². The van der Waals surface area contributed by atoms with Crippen LogP contribution in [0.15, 0.2) is 53.5 Å². The normalized spacial score (nSPS) is 26.8. The number of carbonyl (C=O) groups excluding carboxylic acids is 3. The van der Waals surface area contributed by atoms with Gasteiger partial charge in [0.05, 0.1) is 27.6 Å². The maximum absolute atomic E-state index is 17.6. The molecule has 6 fully saturated rings. The molecule has 20 heteroatoms. The first-order valence-electron chi connectivity index (χ1n) is 31.0. The number of aliphatic hydroxyl groups is 1. The van der Waals surface area contributed by atoms with Gasteiger partial charge >= 0.3 is 17.8 Å². The monoisotopic (exact) mass is 1170 g/mol. The number of aromatic nitrogens is 5. The molecule has 85 heavy (non-hydrogen) atoms. The molecule has 1 aliphatic carbocycles. The number of amides is 3. The molecular formula is C65H82F2N10O8. The van der Waals surface area contributed by atoms with E-state index < -0.39 is 46.9 Å². The Morgan fingerprint density at radius 3 is 2.39 bits per heavy atom. The zero-order valence-electron chi connectivity index (χ0n) is 50.0. The van der Waals surface area contributed by atoms with Crippen LogP contribution in [0.2, 0.25) is 0 Å². The summed E-state index contributed by atoms with van der Waals surface area (Å²) in [5, 5.41) is 25.9. The van der Waals surface area contributed by atoms with E-state index in [0.717, 1.165) is 89.4 Å². The van der Waals surface area contributed by atoms with Crippen molar-refractivity contribution in [3.63, 3.8) is 0 Å². The highest BCUT2D eigenvalue weighted by Crippen LogP contribution is 2.53. The first-order chi connectivity index (χ1) is 40.6. The lowest BCUT2D eigenvalue weighted by atomic mass is 9.78. The van der Waals surface area contributed by atoms with Gasteiger partial charge in [0.2, 0.25) is 11.8 Å². The maximum atomic E-state index is 17.6. The van der Waals surface area contributed by atoms with Crippen molar-refractivity contribution in [2.75, 3.05) is 44.2 Å². The Kier molecular flexibility index (Phi) is 15.7. The fraction of sp³-hybridized carbons (Fsp3) is 0.585. The van der Waals surface area contributed by atoms with Gasteiger partial charge in [-0.1, -0.05) is 39.8 Å². The number of piperidine rings is 3. The second-order valence-electron chi connectivity index (χ2n) is 27.1. The predicted octanol–water partition coefficient (Wildman–Crippen LogP) is 9.70. The minimum Gasteiger partial charge on any atom is -0.508 e. The summed E-state index contributed by atoms with van der Waals surface area (Å²) in [5.41, 5.74) is 7.19. The second kappa shape index (κ2) is 22.8. The molecule has 18 nitrogen and oxygen atoms in total. The topological polar surface area (TPSA) is 224 Å². The molecule has 6 aliphatic rings. The molecule has 3 aromatic heterocycles. The highest BCUT2D eigenvalue weighted by atomic mass is 19.1. The molecule has 6 atom stereocenters. The van der Waals surface area contributed by atoms with Crippen LogP contribution in [-0.4, -0.2) is 131 Å². The van der Waals surface area contributed by atoms with Crippen molar-refractivity contribution in [2.24, 2.45) is 30.0 Å². The van der Waals surface area contributed by atoms with Crippen molar-refractivity contribution in [1.82, 2.24) is 39.2 Å². The highest BCUT2D eigenvalue weighted by molar-refractivity contribution is 6.02. The Hall–Kier alpha value is -6.77. The number of aromatic hydroxyl groups is 1. The van der Waals surface area contributed by atoms with Crippen molar-refractivity contribution < 1.29 is 42.9 Å². The number of aryl methyl sites for hydroxylation is 2. The average molecular weight is 1170 g/mol. The van der Waals surface area contributed by atoms with Gasteiger partial charge in [-0.25, -0.2) is 18.4 Å². The summed E-state index contributed by atoms with van der Waals surface area (Å²) >= 11 is 0. The zero-order valence-corrected chi connectivity index (χ0v) is 50.0. The number of primary amides is 1. The van der Waals surface area contributed by atoms with E-state index in [0.29, 0.717) is 89.5 Å². The van der Waals surface area contributed by atoms with Crippen LogP contribution in [0.1, 0.15) is 154 Å². The van der Waals surface area contributed by atoms with Crippen molar-refractivity contribution in [3.05, 3.63) is 81.9 Å². The molecule has 5 N–H and O–H groups in total. The molecule has 8 heterocycles. The average Bonchev–Trinajstić information content (AvgIpc) is 2.07. The van der Waals surface area contributed by atoms with E-state index >= 15 is 8.78 Å². The van der Waals surface area contributed by atoms with Gasteiger partial charge in [-0.15, -0.1) is 0 Å². The maximum Gasteiger partial charge on any atom is 0.404 e. The van der Waals surface area contributed by atoms with E-state index in [-0.39, 0.29) is 77.2 Å². The number of phenolic OH excluding ortho intramolecular Hbond substituents is 1. The molecule has 0 spiro atoms. The molecule has 454 valence electrons. The lowest BCUT2D eigenvalue weighted by Crippen LogP contribution is -2.57. The van der Waals surface area contributed by atoms with Crippen LogP contribution in [0.5, 0.6) is 11.8 Å². The van der Waals surface area contributed by atoms with Crippen molar-refractivity contribution in [3.8, 4) is 23.0 Å². The number of fused-ring (bicyclic) bond motifs is 4. The summed E-state index contributed by atoms with van der Waals surface area (Å²) in [6.07, 6.45) is 12.6. The van der Waals surface area contributed by atoms with Crippen molar-refractivity contribution in [1.29, 1.82) is 0 Å². The molecule has 1 saturated carbocycles. The van der Waals surface area contributed by atoms with Crippen LogP contribution >= 0.6 is 0 Å². The summed E-state index contributed by atoms with van der Waals surface area (Å²) < 4.78 is 49.1. The Morgan fingerprint density at radius 1 is 0.918 bits per heavy atom. The second-order valence-corrected chi connectivity index (χ2v) is 27.1. The number of imide groups is 1. The first-order valence-corrected chi connectivity index (χ1v) is 31.0. The Balaban J connectivity index is 0.738. The molecule has 3 aromatic carbocycles. The number of phenols is 1. The van der Waals surface area contributed by atoms with Gasteiger partial charge in [0, 0.05) is 56.9 Å². The smallest absolute Gasteiger partial charge is 0.404 e. The van der Waals surface area contributed by atoms with Gasteiger partial charge < -0.3 is 35.2 Å². The summed E-state index contributed by atoms with van der Waals surface area (Å²) in [7, 11) is 1.74. The molecule has 0 bridgehead atoms. The van der Waals surface area contributed by atoms with Gasteiger partial charge in [-0.05, 0) is 192 Å². The zero-order chi connectivity index (χ0) is 59.9. The summed E-state index contributed by atoms with van der Waals surface area (Å²) in [6, 6.07) is 11.3. The van der Waals surface area contributed by atoms with E-state index in [9.17, 15) is 29.4 Å². The number of anilines is 1. The summed E-state index contributed by atoms with van der Waals surface area (Å²) in [6.45, 7) is 14.4. The van der Waals surface area contributed by atoms with Gasteiger partial charge in [0.15, 0.2) is 5.82 Å². The van der Waals surface area contributed by atoms with Crippen LogP contribution < -0.4 is 26.4 Å². The van der Waals surface area contributed by atoms with Crippen LogP contribution in [0.4, 0.5) is 19.4 Å². The van der Waals surface area contributed by atoms with Crippen LogP contribution in [0.3, 0.4) is 0 Å². The van der Waals surface area contributed by atoms with E-state index in [2.05, 4.69) is 53.0 Å². The molecule has 5 saturated heterocycles. The first kappa shape index (κ1) is 58.6. The number of nitrogens with one attached hydrogen (secondary N) is 1. The fourth-order valence-corrected chi connectivity index (χ4v) is 16.1. The number of halogens is 2. The minimum absolute atomic E-state index is 0.0275. The molecule has 3 unspecified atom stereocenters. The lowest BCUT2D eigenvalue weighted by Gasteiger charge is -2.45. The third-order valence-electron chi connectivity index (χ3n) is 20.3. The largest absolute Gasteiger partial charge is 0.508 e. The molecule has 3 amide bonds. The highest BCUT2D eigenvalue weighted by Gasteiger charge is 2.59. The number of imidazole rings is 1. The molecular weight excluding hydrogens is 1090 g/mol. The molecule has 12 rings (SSSR count). The number of hydrogen-bond acceptors (Lipinski definition) is 14. The number of pyridine rings is 1. The van der Waals surface area contributed by atoms with Crippen LogP contribution in [0, 0.1) is 28.9 Å². The summed E-state index contributed by atoms with van der Waals surface area (Å²) in [4.78, 5) is 72.5. The fourth-order valence-electron chi connectivity index (χ4n) is 16.1. The quantitative estimate of drug-likeness (QED) is 0.0746.